The molecule has 0 saturated carbocycles. The molecule has 1 aromatic carbocycles. The zero-order chi connectivity index (χ0) is 19.5. The molecule has 2 unspecified atom stereocenters. The van der Waals surface area contributed by atoms with E-state index >= 15 is 0 Å². The second-order valence-electron chi connectivity index (χ2n) is 5.95. The zero-order valence-electron chi connectivity index (χ0n) is 14.7. The Hall–Kier alpha value is -1.84. The summed E-state index contributed by atoms with van der Waals surface area (Å²) in [5.41, 5.74) is 0.135. The molecule has 0 bridgehead atoms. The Morgan fingerprint density at radius 1 is 1.42 bits per heavy atom. The molecule has 0 aromatic heterocycles. The van der Waals surface area contributed by atoms with E-state index in [-0.39, 0.29) is 18.8 Å². The number of carbonyl (C=O) groups excluding carboxylic acids is 1. The van der Waals surface area contributed by atoms with E-state index in [2.05, 4.69) is 9.82 Å². The Balaban J connectivity index is 2.24. The number of carbonyl (C=O) groups is 1. The van der Waals surface area contributed by atoms with Gasteiger partial charge in [-0.2, -0.15) is 9.82 Å². The van der Waals surface area contributed by atoms with Crippen LogP contribution in [-0.2, 0) is 26.0 Å². The largest absolute Gasteiger partial charge is 0.508 e. The fourth-order valence-electron chi connectivity index (χ4n) is 2.68. The molecule has 1 aliphatic rings. The number of esters is 1. The maximum Gasteiger partial charge on any atom is 0.324 e. The lowest BCUT2D eigenvalue weighted by atomic mass is 10.1. The fraction of sp³-hybridized carbons (Fsp3) is 0.500. The lowest BCUT2D eigenvalue weighted by Gasteiger charge is -2.23. The third-order valence-corrected chi connectivity index (χ3v) is 6.49. The van der Waals surface area contributed by atoms with Crippen molar-refractivity contribution < 1.29 is 23.1 Å². The van der Waals surface area contributed by atoms with Gasteiger partial charge in [0.1, 0.15) is 17.3 Å². The van der Waals surface area contributed by atoms with Crippen molar-refractivity contribution in [2.75, 3.05) is 13.7 Å². The van der Waals surface area contributed by atoms with Crippen molar-refractivity contribution in [2.24, 2.45) is 5.10 Å². The van der Waals surface area contributed by atoms with Crippen molar-refractivity contribution in [1.82, 2.24) is 9.73 Å². The monoisotopic (exact) mass is 403 g/mol. The average Bonchev–Trinajstić information content (AvgIpc) is 2.82. The van der Waals surface area contributed by atoms with Crippen molar-refractivity contribution in [2.45, 2.75) is 37.1 Å². The normalized spacial score (nSPS) is 21.4. The lowest BCUT2D eigenvalue weighted by molar-refractivity contribution is -0.145. The van der Waals surface area contributed by atoms with Gasteiger partial charge >= 0.3 is 5.97 Å². The standard InChI is InChI=1S/C16H22ClN3O5S/c1-4-25-16(22)13(9-11-5-7-12(21)8-6-11)19-26(23,24)14-10(2)18-20(3)15(14)17/h5-8,13-15,19,21H,4,9H2,1-3H3/t13-,14?,15?/m0/s1. The minimum Gasteiger partial charge on any atom is -0.508 e. The van der Waals surface area contributed by atoms with E-state index in [0.717, 1.165) is 0 Å². The van der Waals surface area contributed by atoms with E-state index in [4.69, 9.17) is 16.3 Å². The van der Waals surface area contributed by atoms with Crippen molar-refractivity contribution in [1.29, 1.82) is 0 Å². The number of sulfonamides is 1. The van der Waals surface area contributed by atoms with E-state index < -0.39 is 32.8 Å². The maximum absolute atomic E-state index is 12.8. The second kappa shape index (κ2) is 8.24. The molecule has 26 heavy (non-hydrogen) atoms. The van der Waals surface area contributed by atoms with Crippen LogP contribution in [0.1, 0.15) is 19.4 Å². The molecule has 0 fully saturated rings. The summed E-state index contributed by atoms with van der Waals surface area (Å²) in [5.74, 6) is -0.607. The summed E-state index contributed by atoms with van der Waals surface area (Å²) in [6.07, 6.45) is 0.0735. The van der Waals surface area contributed by atoms with Crippen LogP contribution in [0.3, 0.4) is 0 Å². The predicted octanol–water partition coefficient (Wildman–Crippen LogP) is 1.04. The highest BCUT2D eigenvalue weighted by atomic mass is 35.5. The molecule has 8 nitrogen and oxygen atoms in total. The molecule has 1 aromatic rings. The first-order valence-corrected chi connectivity index (χ1v) is 10.0. The molecule has 0 spiro atoms. The van der Waals surface area contributed by atoms with Crippen molar-refractivity contribution >= 4 is 33.3 Å². The third kappa shape index (κ3) is 4.66. The van der Waals surface area contributed by atoms with E-state index in [0.29, 0.717) is 11.3 Å². The summed E-state index contributed by atoms with van der Waals surface area (Å²) in [5, 5.41) is 13.7. The number of ether oxygens (including phenoxy) is 1. The Labute approximate surface area is 157 Å². The number of phenolic OH excluding ortho intramolecular Hbond substituents is 1. The molecule has 2 rings (SSSR count). The second-order valence-corrected chi connectivity index (χ2v) is 8.23. The number of phenols is 1. The number of halogens is 1. The molecule has 0 amide bonds. The van der Waals surface area contributed by atoms with Gasteiger partial charge in [-0.25, -0.2) is 8.42 Å². The first-order valence-electron chi connectivity index (χ1n) is 8.03. The molecule has 2 N–H and O–H groups in total. The van der Waals surface area contributed by atoms with E-state index in [9.17, 15) is 18.3 Å². The van der Waals surface area contributed by atoms with Crippen molar-refractivity contribution in [3.05, 3.63) is 29.8 Å². The van der Waals surface area contributed by atoms with Crippen molar-refractivity contribution in [3.8, 4) is 5.75 Å². The average molecular weight is 404 g/mol. The minimum absolute atomic E-state index is 0.0735. The number of hydrogen-bond donors (Lipinski definition) is 2. The number of alkyl halides is 1. The van der Waals surface area contributed by atoms with E-state index in [1.165, 1.54) is 17.1 Å². The van der Waals surface area contributed by atoms with Crippen molar-refractivity contribution in [3.63, 3.8) is 0 Å². The number of aromatic hydroxyl groups is 1. The quantitative estimate of drug-likeness (QED) is 0.400. The molecule has 10 heteroatoms. The van der Waals surface area contributed by atoms with Gasteiger partial charge in [0.25, 0.3) is 0 Å². The Morgan fingerprint density at radius 2 is 2.04 bits per heavy atom. The summed E-state index contributed by atoms with van der Waals surface area (Å²) < 4.78 is 33.0. The van der Waals surface area contributed by atoms with Crippen LogP contribution in [0.5, 0.6) is 5.75 Å². The summed E-state index contributed by atoms with van der Waals surface area (Å²) >= 11 is 6.16. The van der Waals surface area contributed by atoms with Crippen LogP contribution < -0.4 is 4.72 Å². The Kier molecular flexibility index (Phi) is 6.48. The van der Waals surface area contributed by atoms with Gasteiger partial charge in [0.2, 0.25) is 10.0 Å². The van der Waals surface area contributed by atoms with Crippen LogP contribution in [0.25, 0.3) is 0 Å². The lowest BCUT2D eigenvalue weighted by Crippen LogP contribution is -2.51. The van der Waals surface area contributed by atoms with Gasteiger partial charge in [-0.1, -0.05) is 23.7 Å². The first-order chi connectivity index (χ1) is 12.2. The minimum atomic E-state index is -3.99. The number of hydrazone groups is 1. The summed E-state index contributed by atoms with van der Waals surface area (Å²) in [6, 6.07) is 5.02. The van der Waals surface area contributed by atoms with Gasteiger partial charge in [0.05, 0.1) is 12.3 Å². The van der Waals surface area contributed by atoms with Gasteiger partial charge < -0.3 is 9.84 Å². The zero-order valence-corrected chi connectivity index (χ0v) is 16.3. The topological polar surface area (TPSA) is 108 Å². The molecular formula is C16H22ClN3O5S. The third-order valence-electron chi connectivity index (χ3n) is 3.92. The molecule has 0 aliphatic carbocycles. The van der Waals surface area contributed by atoms with Gasteiger partial charge in [-0.05, 0) is 38.0 Å². The summed E-state index contributed by atoms with van der Waals surface area (Å²) in [6.45, 7) is 3.33. The Morgan fingerprint density at radius 3 is 2.54 bits per heavy atom. The molecule has 0 radical (unpaired) electrons. The molecule has 3 atom stereocenters. The molecular weight excluding hydrogens is 382 g/mol. The highest BCUT2D eigenvalue weighted by Gasteiger charge is 2.43. The SMILES string of the molecule is CCOC(=O)[C@H](Cc1ccc(O)cc1)NS(=O)(=O)C1C(C)=NN(C)C1Cl. The Bertz CT molecular complexity index is 782. The van der Waals surface area contributed by atoms with Gasteiger partial charge in [-0.15, -0.1) is 0 Å². The highest BCUT2D eigenvalue weighted by Crippen LogP contribution is 2.24. The van der Waals surface area contributed by atoms with Crippen LogP contribution in [0.2, 0.25) is 0 Å². The van der Waals surface area contributed by atoms with Crippen LogP contribution in [0.15, 0.2) is 29.4 Å². The molecule has 1 aliphatic heterocycles. The van der Waals surface area contributed by atoms with Gasteiger partial charge in [0.15, 0.2) is 5.25 Å². The van der Waals surface area contributed by atoms with Crippen LogP contribution in [0, 0.1) is 0 Å². The molecule has 1 heterocycles. The van der Waals surface area contributed by atoms with E-state index in [1.54, 1.807) is 33.0 Å². The first kappa shape index (κ1) is 20.5. The molecule has 144 valence electrons. The number of nitrogens with zero attached hydrogens (tertiary/aromatic N) is 2. The van der Waals surface area contributed by atoms with Gasteiger partial charge in [-0.3, -0.25) is 9.80 Å². The summed E-state index contributed by atoms with van der Waals surface area (Å²) in [4.78, 5) is 12.3. The van der Waals surface area contributed by atoms with Gasteiger partial charge in [0, 0.05) is 7.05 Å². The van der Waals surface area contributed by atoms with Crippen LogP contribution in [-0.4, -0.2) is 60.7 Å². The fourth-order valence-corrected chi connectivity index (χ4v) is 5.01. The summed E-state index contributed by atoms with van der Waals surface area (Å²) in [7, 11) is -2.41. The van der Waals surface area contributed by atoms with Crippen LogP contribution >= 0.6 is 11.6 Å². The molecule has 0 saturated heterocycles. The number of hydrogen-bond acceptors (Lipinski definition) is 7. The maximum atomic E-state index is 12.8. The number of rotatable bonds is 7. The number of nitrogens with one attached hydrogen (secondary N) is 1. The smallest absolute Gasteiger partial charge is 0.324 e. The highest BCUT2D eigenvalue weighted by molar-refractivity contribution is 7.91. The number of benzene rings is 1. The van der Waals surface area contributed by atoms with Crippen LogP contribution in [0.4, 0.5) is 0 Å². The van der Waals surface area contributed by atoms with E-state index in [1.807, 2.05) is 0 Å². The predicted molar refractivity (Wildman–Crippen MR) is 98.6 cm³/mol.